The highest BCUT2D eigenvalue weighted by Crippen LogP contribution is 2.17. The average molecular weight is 255 g/mol. The van der Waals surface area contributed by atoms with Gasteiger partial charge in [-0.1, -0.05) is 23.8 Å². The Morgan fingerprint density at radius 3 is 2.53 bits per heavy atom. The Morgan fingerprint density at radius 2 is 1.89 bits per heavy atom. The van der Waals surface area contributed by atoms with Crippen LogP contribution in [0.25, 0.3) is 0 Å². The molecular weight excluding hydrogens is 234 g/mol. The van der Waals surface area contributed by atoms with Gasteiger partial charge in [0.1, 0.15) is 0 Å². The van der Waals surface area contributed by atoms with Crippen molar-refractivity contribution in [2.45, 2.75) is 19.9 Å². The number of benzene rings is 1. The zero-order chi connectivity index (χ0) is 13.5. The Labute approximate surface area is 115 Å². The van der Waals surface area contributed by atoms with Crippen molar-refractivity contribution in [2.24, 2.45) is 5.73 Å². The minimum Gasteiger partial charge on any atom is -0.366 e. The first kappa shape index (κ1) is 13.6. The Bertz CT molecular complexity index is 479. The maximum Gasteiger partial charge on any atom is 0.0602 e. The van der Waals surface area contributed by atoms with Gasteiger partial charge < -0.3 is 10.6 Å². The molecule has 0 saturated heterocycles. The zero-order valence-corrected chi connectivity index (χ0v) is 11.4. The SMILES string of the molecule is Cc1ccc(N(CCCN)Cc2ccccn2)cc1. The minimum atomic E-state index is 0.713. The first-order valence-corrected chi connectivity index (χ1v) is 6.71. The maximum atomic E-state index is 5.63. The van der Waals surface area contributed by atoms with Crippen LogP contribution in [0.3, 0.4) is 0 Å². The van der Waals surface area contributed by atoms with E-state index in [1.165, 1.54) is 11.3 Å². The Kier molecular flexibility index (Phi) is 4.93. The van der Waals surface area contributed by atoms with E-state index >= 15 is 0 Å². The predicted octanol–water partition coefficient (Wildman–Crippen LogP) is 2.75. The van der Waals surface area contributed by atoms with Crippen molar-refractivity contribution in [3.8, 4) is 0 Å². The van der Waals surface area contributed by atoms with Crippen molar-refractivity contribution in [2.75, 3.05) is 18.0 Å². The molecule has 1 aromatic heterocycles. The van der Waals surface area contributed by atoms with E-state index in [4.69, 9.17) is 5.73 Å². The summed E-state index contributed by atoms with van der Waals surface area (Å²) in [4.78, 5) is 6.72. The van der Waals surface area contributed by atoms with Gasteiger partial charge in [0.25, 0.3) is 0 Å². The molecule has 0 atom stereocenters. The molecule has 0 unspecified atom stereocenters. The van der Waals surface area contributed by atoms with Crippen molar-refractivity contribution in [1.82, 2.24) is 4.98 Å². The van der Waals surface area contributed by atoms with Gasteiger partial charge in [-0.2, -0.15) is 0 Å². The van der Waals surface area contributed by atoms with Gasteiger partial charge in [0.15, 0.2) is 0 Å². The van der Waals surface area contributed by atoms with E-state index in [1.54, 1.807) is 0 Å². The average Bonchev–Trinajstić information content (AvgIpc) is 2.45. The van der Waals surface area contributed by atoms with Gasteiger partial charge in [0.05, 0.1) is 12.2 Å². The molecule has 100 valence electrons. The molecule has 2 aromatic rings. The molecule has 3 heteroatoms. The monoisotopic (exact) mass is 255 g/mol. The second-order valence-corrected chi connectivity index (χ2v) is 4.72. The van der Waals surface area contributed by atoms with Gasteiger partial charge in [0, 0.05) is 18.4 Å². The minimum absolute atomic E-state index is 0.713. The van der Waals surface area contributed by atoms with E-state index in [2.05, 4.69) is 47.1 Å². The molecule has 0 aliphatic heterocycles. The van der Waals surface area contributed by atoms with Crippen LogP contribution in [0.15, 0.2) is 48.7 Å². The van der Waals surface area contributed by atoms with Crippen LogP contribution in [-0.2, 0) is 6.54 Å². The lowest BCUT2D eigenvalue weighted by atomic mass is 10.2. The number of anilines is 1. The van der Waals surface area contributed by atoms with Gasteiger partial charge in [-0.3, -0.25) is 4.98 Å². The summed E-state index contributed by atoms with van der Waals surface area (Å²) in [6, 6.07) is 14.6. The lowest BCUT2D eigenvalue weighted by Crippen LogP contribution is -2.26. The summed E-state index contributed by atoms with van der Waals surface area (Å²) in [6.07, 6.45) is 2.83. The summed E-state index contributed by atoms with van der Waals surface area (Å²) in [5.74, 6) is 0. The van der Waals surface area contributed by atoms with Crippen molar-refractivity contribution in [1.29, 1.82) is 0 Å². The number of hydrogen-bond acceptors (Lipinski definition) is 3. The molecule has 1 heterocycles. The van der Waals surface area contributed by atoms with Crippen molar-refractivity contribution >= 4 is 5.69 Å². The summed E-state index contributed by atoms with van der Waals surface area (Å²) in [5.41, 5.74) is 9.22. The van der Waals surface area contributed by atoms with Gasteiger partial charge in [0.2, 0.25) is 0 Å². The molecule has 0 fully saturated rings. The summed E-state index contributed by atoms with van der Waals surface area (Å²) in [5, 5.41) is 0. The highest BCUT2D eigenvalue weighted by Gasteiger charge is 2.07. The quantitative estimate of drug-likeness (QED) is 0.863. The second kappa shape index (κ2) is 6.90. The molecule has 2 rings (SSSR count). The van der Waals surface area contributed by atoms with Crippen LogP contribution in [-0.4, -0.2) is 18.1 Å². The number of aromatic nitrogens is 1. The van der Waals surface area contributed by atoms with Crippen molar-refractivity contribution in [3.05, 3.63) is 59.9 Å². The number of hydrogen-bond donors (Lipinski definition) is 1. The number of rotatable bonds is 6. The third-order valence-corrected chi connectivity index (χ3v) is 3.11. The number of nitrogens with zero attached hydrogens (tertiary/aromatic N) is 2. The smallest absolute Gasteiger partial charge is 0.0602 e. The lowest BCUT2D eigenvalue weighted by molar-refractivity contribution is 0.726. The van der Waals surface area contributed by atoms with Crippen LogP contribution in [0.1, 0.15) is 17.7 Å². The lowest BCUT2D eigenvalue weighted by Gasteiger charge is -2.24. The number of nitrogens with two attached hydrogens (primary N) is 1. The van der Waals surface area contributed by atoms with E-state index in [1.807, 2.05) is 18.3 Å². The van der Waals surface area contributed by atoms with Crippen LogP contribution < -0.4 is 10.6 Å². The molecule has 0 spiro atoms. The molecule has 0 bridgehead atoms. The third kappa shape index (κ3) is 4.07. The number of aryl methyl sites for hydroxylation is 1. The summed E-state index contributed by atoms with van der Waals surface area (Å²) in [7, 11) is 0. The summed E-state index contributed by atoms with van der Waals surface area (Å²) >= 11 is 0. The van der Waals surface area contributed by atoms with Crippen LogP contribution in [0.5, 0.6) is 0 Å². The van der Waals surface area contributed by atoms with E-state index in [0.717, 1.165) is 25.2 Å². The fourth-order valence-corrected chi connectivity index (χ4v) is 2.02. The van der Waals surface area contributed by atoms with Crippen LogP contribution in [0, 0.1) is 6.92 Å². The van der Waals surface area contributed by atoms with E-state index < -0.39 is 0 Å². The van der Waals surface area contributed by atoms with Crippen molar-refractivity contribution in [3.63, 3.8) is 0 Å². The Hall–Kier alpha value is -1.87. The van der Waals surface area contributed by atoms with E-state index in [9.17, 15) is 0 Å². The molecule has 1 aromatic carbocycles. The fraction of sp³-hybridized carbons (Fsp3) is 0.312. The Morgan fingerprint density at radius 1 is 1.11 bits per heavy atom. The van der Waals surface area contributed by atoms with Crippen LogP contribution in [0.4, 0.5) is 5.69 Å². The van der Waals surface area contributed by atoms with Gasteiger partial charge in [-0.05, 0) is 44.2 Å². The molecule has 0 saturated carbocycles. The fourth-order valence-electron chi connectivity index (χ4n) is 2.02. The predicted molar refractivity (Wildman–Crippen MR) is 80.1 cm³/mol. The third-order valence-electron chi connectivity index (χ3n) is 3.11. The van der Waals surface area contributed by atoms with Crippen LogP contribution >= 0.6 is 0 Å². The molecule has 0 radical (unpaired) electrons. The van der Waals surface area contributed by atoms with Gasteiger partial charge in [-0.15, -0.1) is 0 Å². The molecule has 0 amide bonds. The molecule has 0 aliphatic carbocycles. The molecule has 3 nitrogen and oxygen atoms in total. The summed E-state index contributed by atoms with van der Waals surface area (Å²) in [6.45, 7) is 4.59. The van der Waals surface area contributed by atoms with Crippen LogP contribution in [0.2, 0.25) is 0 Å². The normalized spacial score (nSPS) is 10.4. The molecular formula is C16H21N3. The largest absolute Gasteiger partial charge is 0.366 e. The topological polar surface area (TPSA) is 42.1 Å². The van der Waals surface area contributed by atoms with E-state index in [0.29, 0.717) is 6.54 Å². The van der Waals surface area contributed by atoms with Gasteiger partial charge >= 0.3 is 0 Å². The Balaban J connectivity index is 2.13. The number of pyridine rings is 1. The van der Waals surface area contributed by atoms with Gasteiger partial charge in [-0.25, -0.2) is 0 Å². The zero-order valence-electron chi connectivity index (χ0n) is 11.4. The summed E-state index contributed by atoms with van der Waals surface area (Å²) < 4.78 is 0. The first-order chi connectivity index (χ1) is 9.29. The molecule has 2 N–H and O–H groups in total. The maximum absolute atomic E-state index is 5.63. The highest BCUT2D eigenvalue weighted by atomic mass is 15.1. The standard InChI is InChI=1S/C16H21N3/c1-14-6-8-16(9-7-14)19(12-4-10-17)13-15-5-2-3-11-18-15/h2-3,5-9,11H,4,10,12-13,17H2,1H3. The van der Waals surface area contributed by atoms with E-state index in [-0.39, 0.29) is 0 Å². The molecule has 19 heavy (non-hydrogen) atoms. The first-order valence-electron chi connectivity index (χ1n) is 6.71. The van der Waals surface area contributed by atoms with Crippen molar-refractivity contribution < 1.29 is 0 Å². The second-order valence-electron chi connectivity index (χ2n) is 4.72. The highest BCUT2D eigenvalue weighted by molar-refractivity contribution is 5.47. The molecule has 0 aliphatic rings.